The van der Waals surface area contributed by atoms with Gasteiger partial charge in [-0.2, -0.15) is 0 Å². The quantitative estimate of drug-likeness (QED) is 0.486. The summed E-state index contributed by atoms with van der Waals surface area (Å²) in [6.45, 7) is 1.80. The topological polar surface area (TPSA) is 46.2 Å². The van der Waals surface area contributed by atoms with Crippen molar-refractivity contribution in [1.82, 2.24) is 5.32 Å². The number of hydrogen-bond acceptors (Lipinski definition) is 2. The maximum atomic E-state index is 12.0. The van der Waals surface area contributed by atoms with E-state index in [1.54, 1.807) is 30.3 Å². The Balaban J connectivity index is 1.93. The highest BCUT2D eigenvalue weighted by atomic mass is 127. The van der Waals surface area contributed by atoms with Crippen LogP contribution in [0.5, 0.6) is 0 Å². The molecule has 2 aromatic rings. The summed E-state index contributed by atoms with van der Waals surface area (Å²) in [5.41, 5.74) is 2.13. The van der Waals surface area contributed by atoms with Crippen LogP contribution in [0.15, 0.2) is 48.5 Å². The number of hydrogen-bond donors (Lipinski definition) is 1. The van der Waals surface area contributed by atoms with E-state index in [9.17, 15) is 9.59 Å². The number of ketones is 1. The van der Waals surface area contributed by atoms with Crippen molar-refractivity contribution >= 4 is 34.3 Å². The van der Waals surface area contributed by atoms with E-state index in [2.05, 4.69) is 39.7 Å². The second kappa shape index (κ2) is 7.76. The highest BCUT2D eigenvalue weighted by Crippen LogP contribution is 2.10. The van der Waals surface area contributed by atoms with Crippen LogP contribution < -0.4 is 5.32 Å². The van der Waals surface area contributed by atoms with Crippen LogP contribution in [0, 0.1) is 15.4 Å². The largest absolute Gasteiger partial charge is 0.341 e. The third-order valence-corrected chi connectivity index (χ3v) is 3.92. The van der Waals surface area contributed by atoms with Crippen molar-refractivity contribution in [3.05, 3.63) is 68.8 Å². The van der Waals surface area contributed by atoms with Crippen molar-refractivity contribution in [2.45, 2.75) is 6.92 Å². The number of carbonyl (C=O) groups is 2. The molecule has 1 amide bonds. The first-order valence-corrected chi connectivity index (χ1v) is 7.78. The molecule has 2 aromatic carbocycles. The summed E-state index contributed by atoms with van der Waals surface area (Å²) >= 11 is 2.13. The van der Waals surface area contributed by atoms with Gasteiger partial charge < -0.3 is 5.32 Å². The first-order valence-electron chi connectivity index (χ1n) is 6.70. The molecule has 0 saturated carbocycles. The molecule has 0 aliphatic heterocycles. The number of benzene rings is 2. The Hall–Kier alpha value is -2.13. The van der Waals surface area contributed by atoms with Gasteiger partial charge in [0.05, 0.1) is 12.1 Å². The zero-order valence-corrected chi connectivity index (χ0v) is 14.2. The van der Waals surface area contributed by atoms with Gasteiger partial charge in [-0.15, -0.1) is 0 Å². The molecule has 110 valence electrons. The van der Waals surface area contributed by atoms with E-state index < -0.39 is 0 Å². The van der Waals surface area contributed by atoms with E-state index >= 15 is 0 Å². The molecule has 3 nitrogen and oxygen atoms in total. The lowest BCUT2D eigenvalue weighted by Crippen LogP contribution is -2.24. The molecule has 0 aliphatic carbocycles. The summed E-state index contributed by atoms with van der Waals surface area (Å²) in [4.78, 5) is 23.1. The van der Waals surface area contributed by atoms with Gasteiger partial charge in [-0.1, -0.05) is 36.1 Å². The Bertz CT molecular complexity index is 755. The standard InChI is InChI=1S/C18H14INO2/c1-13(21)15-10-8-14(9-11-15)5-4-12-20-18(22)16-6-2-3-7-17(16)19/h2-3,6-11H,12H2,1H3,(H,20,22). The van der Waals surface area contributed by atoms with Gasteiger partial charge in [0.15, 0.2) is 5.78 Å². The van der Waals surface area contributed by atoms with E-state index in [0.29, 0.717) is 11.1 Å². The first kappa shape index (κ1) is 16.2. The molecule has 0 heterocycles. The van der Waals surface area contributed by atoms with Gasteiger partial charge >= 0.3 is 0 Å². The number of carbonyl (C=O) groups excluding carboxylic acids is 2. The van der Waals surface area contributed by atoms with Crippen molar-refractivity contribution in [2.24, 2.45) is 0 Å². The van der Waals surface area contributed by atoms with Gasteiger partial charge in [0.25, 0.3) is 5.91 Å². The maximum Gasteiger partial charge on any atom is 0.253 e. The Kier molecular flexibility index (Phi) is 5.73. The van der Waals surface area contributed by atoms with Crippen LogP contribution in [0.25, 0.3) is 0 Å². The number of nitrogens with one attached hydrogen (secondary N) is 1. The molecule has 0 saturated heterocycles. The van der Waals surface area contributed by atoms with Gasteiger partial charge in [0.1, 0.15) is 0 Å². The maximum absolute atomic E-state index is 12.0. The molecule has 0 unspecified atom stereocenters. The zero-order valence-electron chi connectivity index (χ0n) is 12.0. The highest BCUT2D eigenvalue weighted by Gasteiger charge is 2.06. The van der Waals surface area contributed by atoms with Crippen LogP contribution in [-0.4, -0.2) is 18.2 Å². The minimum absolute atomic E-state index is 0.0317. The molecule has 0 atom stereocenters. The molecule has 2 rings (SSSR count). The third kappa shape index (κ3) is 4.43. The van der Waals surface area contributed by atoms with Crippen LogP contribution in [0.1, 0.15) is 33.2 Å². The van der Waals surface area contributed by atoms with Crippen molar-refractivity contribution < 1.29 is 9.59 Å². The van der Waals surface area contributed by atoms with Crippen molar-refractivity contribution in [2.75, 3.05) is 6.54 Å². The van der Waals surface area contributed by atoms with Gasteiger partial charge in [0, 0.05) is 14.7 Å². The van der Waals surface area contributed by atoms with Gasteiger partial charge in [-0.25, -0.2) is 0 Å². The monoisotopic (exact) mass is 403 g/mol. The molecule has 0 aliphatic rings. The molecular formula is C18H14INO2. The van der Waals surface area contributed by atoms with E-state index in [1.807, 2.05) is 18.2 Å². The predicted molar refractivity (Wildman–Crippen MR) is 94.8 cm³/mol. The highest BCUT2D eigenvalue weighted by molar-refractivity contribution is 14.1. The number of amides is 1. The van der Waals surface area contributed by atoms with Crippen molar-refractivity contribution in [3.8, 4) is 11.8 Å². The smallest absolute Gasteiger partial charge is 0.253 e. The summed E-state index contributed by atoms with van der Waals surface area (Å²) in [7, 11) is 0. The van der Waals surface area contributed by atoms with Crippen molar-refractivity contribution in [1.29, 1.82) is 0 Å². The van der Waals surface area contributed by atoms with Crippen LogP contribution in [0.4, 0.5) is 0 Å². The average molecular weight is 403 g/mol. The van der Waals surface area contributed by atoms with Crippen molar-refractivity contribution in [3.63, 3.8) is 0 Å². The normalized spacial score (nSPS) is 9.55. The molecule has 0 spiro atoms. The first-order chi connectivity index (χ1) is 10.6. The van der Waals surface area contributed by atoms with Crippen LogP contribution in [0.2, 0.25) is 0 Å². The van der Waals surface area contributed by atoms with Crippen LogP contribution in [-0.2, 0) is 0 Å². The molecule has 0 aromatic heterocycles. The lowest BCUT2D eigenvalue weighted by atomic mass is 10.1. The van der Waals surface area contributed by atoms with Gasteiger partial charge in [0.2, 0.25) is 0 Å². The Morgan fingerprint density at radius 2 is 1.77 bits per heavy atom. The molecule has 4 heteroatoms. The van der Waals surface area contributed by atoms with E-state index in [1.165, 1.54) is 6.92 Å². The van der Waals surface area contributed by atoms with Crippen LogP contribution >= 0.6 is 22.6 Å². The van der Waals surface area contributed by atoms with Crippen LogP contribution in [0.3, 0.4) is 0 Å². The fourth-order valence-electron chi connectivity index (χ4n) is 1.80. The van der Waals surface area contributed by atoms with E-state index in [0.717, 1.165) is 9.13 Å². The van der Waals surface area contributed by atoms with E-state index in [4.69, 9.17) is 0 Å². The number of Topliss-reactive ketones (excluding diaryl/α,β-unsaturated/α-hetero) is 1. The Morgan fingerprint density at radius 3 is 2.41 bits per heavy atom. The summed E-state index contributed by atoms with van der Waals surface area (Å²) in [5.74, 6) is 5.75. The average Bonchev–Trinajstić information content (AvgIpc) is 2.52. The minimum atomic E-state index is -0.133. The molecule has 0 radical (unpaired) electrons. The van der Waals surface area contributed by atoms with E-state index in [-0.39, 0.29) is 18.2 Å². The fraction of sp³-hybridized carbons (Fsp3) is 0.111. The molecule has 0 bridgehead atoms. The Labute approximate surface area is 143 Å². The van der Waals surface area contributed by atoms with Gasteiger partial charge in [-0.3, -0.25) is 9.59 Å². The zero-order chi connectivity index (χ0) is 15.9. The lowest BCUT2D eigenvalue weighted by Gasteiger charge is -2.03. The fourth-order valence-corrected chi connectivity index (χ4v) is 2.43. The number of halogens is 1. The summed E-state index contributed by atoms with van der Waals surface area (Å²) in [6.07, 6.45) is 0. The molecule has 0 fully saturated rings. The number of rotatable bonds is 3. The molecule has 1 N–H and O–H groups in total. The lowest BCUT2D eigenvalue weighted by molar-refractivity contribution is 0.0956. The second-order valence-corrected chi connectivity index (χ2v) is 5.76. The summed E-state index contributed by atoms with van der Waals surface area (Å²) < 4.78 is 0.908. The van der Waals surface area contributed by atoms with Gasteiger partial charge in [-0.05, 0) is 53.8 Å². The third-order valence-electron chi connectivity index (χ3n) is 2.98. The minimum Gasteiger partial charge on any atom is -0.341 e. The summed E-state index contributed by atoms with van der Waals surface area (Å²) in [5, 5.41) is 2.77. The summed E-state index contributed by atoms with van der Waals surface area (Å²) in [6, 6.07) is 14.5. The molecule has 22 heavy (non-hydrogen) atoms. The molecular weight excluding hydrogens is 389 g/mol. The predicted octanol–water partition coefficient (Wildman–Crippen LogP) is 3.28. The SMILES string of the molecule is CC(=O)c1ccc(C#CCNC(=O)c2ccccc2I)cc1. The Morgan fingerprint density at radius 1 is 1.09 bits per heavy atom. The second-order valence-electron chi connectivity index (χ2n) is 4.60.